The van der Waals surface area contributed by atoms with E-state index in [-0.39, 0.29) is 13.2 Å². The Hall–Kier alpha value is -1.85. The third-order valence-electron chi connectivity index (χ3n) is 4.11. The second-order valence-electron chi connectivity index (χ2n) is 5.88. The van der Waals surface area contributed by atoms with Gasteiger partial charge in [-0.25, -0.2) is 4.79 Å². The summed E-state index contributed by atoms with van der Waals surface area (Å²) < 4.78 is 10.4. The lowest BCUT2D eigenvalue weighted by Crippen LogP contribution is -2.36. The fourth-order valence-corrected chi connectivity index (χ4v) is 3.71. The zero-order chi connectivity index (χ0) is 19.4. The quantitative estimate of drug-likeness (QED) is 0.682. The molecule has 0 aromatic heterocycles. The Labute approximate surface area is 163 Å². The van der Waals surface area contributed by atoms with Crippen LogP contribution in [0.4, 0.5) is 0 Å². The number of nitrogens with zero attached hydrogens (tertiary/aromatic N) is 1. The molecule has 0 fully saturated rings. The Bertz CT molecular complexity index is 765. The molecule has 26 heavy (non-hydrogen) atoms. The molecule has 2 atom stereocenters. The maximum absolute atomic E-state index is 12.7. The van der Waals surface area contributed by atoms with E-state index in [1.807, 2.05) is 0 Å². The number of benzene rings is 1. The monoisotopic (exact) mass is 397 g/mol. The van der Waals surface area contributed by atoms with Crippen molar-refractivity contribution >= 4 is 40.9 Å². The normalized spacial score (nSPS) is 19.8. The number of hydrogen-bond donors (Lipinski definition) is 0. The van der Waals surface area contributed by atoms with Gasteiger partial charge in [0.25, 0.3) is 0 Å². The Morgan fingerprint density at radius 3 is 2.15 bits per heavy atom. The number of allylic oxidation sites excluding steroid dienone is 1. The molecule has 0 bridgehead atoms. The highest BCUT2D eigenvalue weighted by Crippen LogP contribution is 2.41. The van der Waals surface area contributed by atoms with Gasteiger partial charge in [-0.1, -0.05) is 23.2 Å². The van der Waals surface area contributed by atoms with E-state index in [0.29, 0.717) is 32.6 Å². The Morgan fingerprint density at radius 2 is 1.62 bits per heavy atom. The number of halogens is 2. The third-order valence-corrected chi connectivity index (χ3v) is 4.54. The van der Waals surface area contributed by atoms with Gasteiger partial charge in [-0.15, -0.1) is 0 Å². The van der Waals surface area contributed by atoms with E-state index < -0.39 is 23.8 Å². The van der Waals surface area contributed by atoms with Crippen LogP contribution in [0.15, 0.2) is 34.5 Å². The fraction of sp³-hybridized carbons (Fsp3) is 0.421. The predicted molar refractivity (Wildman–Crippen MR) is 102 cm³/mol. The number of carbonyl (C=O) groups excluding carboxylic acids is 2. The standard InChI is InChI=1S/C19H21Cl2NO4/c1-5-25-18(23)15-10(3)22-11(4)16(19(24)26-6-2)17(15)12-7-13(20)9-14(21)8-12/h7-9,15,17H,5-6H2,1-4H3. The maximum atomic E-state index is 12.7. The summed E-state index contributed by atoms with van der Waals surface area (Å²) in [7, 11) is 0. The smallest absolute Gasteiger partial charge is 0.336 e. The number of aliphatic imine (C=N–C) groups is 1. The molecule has 0 N–H and O–H groups in total. The molecular formula is C19H21Cl2NO4. The first-order chi connectivity index (χ1) is 12.3. The van der Waals surface area contributed by atoms with E-state index in [1.165, 1.54) is 0 Å². The number of esters is 2. The Morgan fingerprint density at radius 1 is 1.04 bits per heavy atom. The minimum Gasteiger partial charge on any atom is -0.465 e. The van der Waals surface area contributed by atoms with E-state index in [1.54, 1.807) is 45.9 Å². The van der Waals surface area contributed by atoms with Crippen LogP contribution in [0.3, 0.4) is 0 Å². The molecular weight excluding hydrogens is 377 g/mol. The third kappa shape index (κ3) is 4.27. The average molecular weight is 398 g/mol. The van der Waals surface area contributed by atoms with Crippen molar-refractivity contribution in [2.24, 2.45) is 10.9 Å². The van der Waals surface area contributed by atoms with Crippen molar-refractivity contribution in [2.75, 3.05) is 13.2 Å². The summed E-state index contributed by atoms with van der Waals surface area (Å²) in [5.41, 5.74) is 2.02. The largest absolute Gasteiger partial charge is 0.465 e. The van der Waals surface area contributed by atoms with E-state index in [9.17, 15) is 9.59 Å². The van der Waals surface area contributed by atoms with Gasteiger partial charge in [0, 0.05) is 27.4 Å². The molecule has 1 aromatic rings. The molecule has 5 nitrogen and oxygen atoms in total. The van der Waals surface area contributed by atoms with Crippen molar-refractivity contribution in [3.8, 4) is 0 Å². The average Bonchev–Trinajstić information content (AvgIpc) is 2.53. The molecule has 2 rings (SSSR count). The molecule has 0 saturated heterocycles. The van der Waals surface area contributed by atoms with Gasteiger partial charge in [0.2, 0.25) is 0 Å². The van der Waals surface area contributed by atoms with Crippen molar-refractivity contribution in [2.45, 2.75) is 33.6 Å². The van der Waals surface area contributed by atoms with Gasteiger partial charge in [-0.2, -0.15) is 0 Å². The number of rotatable bonds is 5. The Balaban J connectivity index is 2.67. The summed E-state index contributed by atoms with van der Waals surface area (Å²) in [4.78, 5) is 29.7. The lowest BCUT2D eigenvalue weighted by Gasteiger charge is -2.31. The maximum Gasteiger partial charge on any atom is 0.336 e. The molecule has 1 aromatic carbocycles. The molecule has 140 valence electrons. The van der Waals surface area contributed by atoms with Crippen molar-refractivity contribution < 1.29 is 19.1 Å². The van der Waals surface area contributed by atoms with Crippen LogP contribution in [0.25, 0.3) is 0 Å². The second kappa shape index (κ2) is 8.69. The van der Waals surface area contributed by atoms with Crippen molar-refractivity contribution in [3.05, 3.63) is 45.1 Å². The molecule has 1 aliphatic heterocycles. The molecule has 1 aliphatic rings. The summed E-state index contributed by atoms with van der Waals surface area (Å²) in [5.74, 6) is -2.37. The van der Waals surface area contributed by atoms with Crippen LogP contribution in [0.1, 0.15) is 39.2 Å². The first-order valence-electron chi connectivity index (χ1n) is 8.35. The SMILES string of the molecule is CCOC(=O)C1=C(C)N=C(C)C(C(=O)OCC)C1c1cc(Cl)cc(Cl)c1. The van der Waals surface area contributed by atoms with Crippen LogP contribution >= 0.6 is 23.2 Å². The minimum absolute atomic E-state index is 0.214. The van der Waals surface area contributed by atoms with Gasteiger partial charge in [-0.3, -0.25) is 9.79 Å². The van der Waals surface area contributed by atoms with Crippen LogP contribution < -0.4 is 0 Å². The van der Waals surface area contributed by atoms with E-state index in [0.717, 1.165) is 0 Å². The van der Waals surface area contributed by atoms with E-state index >= 15 is 0 Å². The fourth-order valence-electron chi connectivity index (χ4n) is 3.16. The summed E-state index contributed by atoms with van der Waals surface area (Å²) in [6.45, 7) is 7.35. The zero-order valence-electron chi connectivity index (χ0n) is 15.1. The predicted octanol–water partition coefficient (Wildman–Crippen LogP) is 4.57. The van der Waals surface area contributed by atoms with Crippen molar-refractivity contribution in [3.63, 3.8) is 0 Å². The molecule has 0 spiro atoms. The van der Waals surface area contributed by atoms with Gasteiger partial charge in [0.05, 0.1) is 18.8 Å². The number of ether oxygens (including phenoxy) is 2. The van der Waals surface area contributed by atoms with Gasteiger partial charge in [0.1, 0.15) is 5.92 Å². The summed E-state index contributed by atoms with van der Waals surface area (Å²) in [6.07, 6.45) is 0. The highest BCUT2D eigenvalue weighted by Gasteiger charge is 2.42. The molecule has 7 heteroatoms. The van der Waals surface area contributed by atoms with Crippen molar-refractivity contribution in [1.82, 2.24) is 0 Å². The van der Waals surface area contributed by atoms with Crippen LogP contribution in [0.2, 0.25) is 10.0 Å². The highest BCUT2D eigenvalue weighted by molar-refractivity contribution is 6.34. The van der Waals surface area contributed by atoms with Gasteiger partial charge >= 0.3 is 11.9 Å². The van der Waals surface area contributed by atoms with Crippen LogP contribution in [-0.4, -0.2) is 30.9 Å². The van der Waals surface area contributed by atoms with Gasteiger partial charge in [0.15, 0.2) is 0 Å². The molecule has 0 radical (unpaired) electrons. The summed E-state index contributed by atoms with van der Waals surface area (Å²) >= 11 is 12.3. The van der Waals surface area contributed by atoms with Crippen molar-refractivity contribution in [1.29, 1.82) is 0 Å². The van der Waals surface area contributed by atoms with Gasteiger partial charge < -0.3 is 9.47 Å². The van der Waals surface area contributed by atoms with E-state index in [4.69, 9.17) is 32.7 Å². The van der Waals surface area contributed by atoms with Gasteiger partial charge in [-0.05, 0) is 51.5 Å². The molecule has 0 amide bonds. The molecule has 0 aliphatic carbocycles. The first kappa shape index (κ1) is 20.5. The second-order valence-corrected chi connectivity index (χ2v) is 6.76. The number of carbonyl (C=O) groups is 2. The molecule has 1 heterocycles. The summed E-state index contributed by atoms with van der Waals surface area (Å²) in [6, 6.07) is 4.97. The van der Waals surface area contributed by atoms with Crippen LogP contribution in [-0.2, 0) is 19.1 Å². The van der Waals surface area contributed by atoms with E-state index in [2.05, 4.69) is 4.99 Å². The minimum atomic E-state index is -0.757. The van der Waals surface area contributed by atoms with Crippen LogP contribution in [0.5, 0.6) is 0 Å². The first-order valence-corrected chi connectivity index (χ1v) is 9.11. The lowest BCUT2D eigenvalue weighted by atomic mass is 9.75. The molecule has 2 unspecified atom stereocenters. The molecule has 0 saturated carbocycles. The summed E-state index contributed by atoms with van der Waals surface area (Å²) in [5, 5.41) is 0.826. The lowest BCUT2D eigenvalue weighted by molar-refractivity contribution is -0.146. The topological polar surface area (TPSA) is 65.0 Å². The zero-order valence-corrected chi connectivity index (χ0v) is 16.6. The highest BCUT2D eigenvalue weighted by atomic mass is 35.5. The number of hydrogen-bond acceptors (Lipinski definition) is 5. The Kier molecular flexibility index (Phi) is 6.84. The van der Waals surface area contributed by atoms with Crippen LogP contribution in [0, 0.1) is 5.92 Å².